The number of carbonyl (C=O) groups excluding carboxylic acids is 2. The van der Waals surface area contributed by atoms with Gasteiger partial charge >= 0.3 is 6.03 Å². The molecular weight excluding hydrogens is 410 g/mol. The minimum Gasteiger partial charge on any atom is -0.349 e. The number of nitrogens with zero attached hydrogens (tertiary/aromatic N) is 1. The molecule has 1 unspecified atom stereocenters. The van der Waals surface area contributed by atoms with Crippen molar-refractivity contribution in [2.24, 2.45) is 0 Å². The van der Waals surface area contributed by atoms with E-state index in [2.05, 4.69) is 16.7 Å². The van der Waals surface area contributed by atoms with Crippen LogP contribution < -0.4 is 10.6 Å². The van der Waals surface area contributed by atoms with Gasteiger partial charge in [-0.2, -0.15) is 0 Å². The van der Waals surface area contributed by atoms with Crippen LogP contribution in [0.3, 0.4) is 0 Å². The van der Waals surface area contributed by atoms with Gasteiger partial charge in [0.05, 0.1) is 0 Å². The van der Waals surface area contributed by atoms with Gasteiger partial charge in [-0.1, -0.05) is 43.0 Å². The third kappa shape index (κ3) is 5.79. The topological polar surface area (TPSA) is 61.4 Å². The Labute approximate surface area is 189 Å². The number of urea groups is 1. The lowest BCUT2D eigenvalue weighted by Crippen LogP contribution is -2.41. The van der Waals surface area contributed by atoms with E-state index in [1.54, 1.807) is 24.3 Å². The Kier molecular flexibility index (Phi) is 7.13. The van der Waals surface area contributed by atoms with Crippen molar-refractivity contribution in [2.75, 3.05) is 18.4 Å². The van der Waals surface area contributed by atoms with Crippen molar-refractivity contribution in [3.63, 3.8) is 0 Å². The first kappa shape index (κ1) is 21.7. The molecule has 5 nitrogen and oxygen atoms in total. The van der Waals surface area contributed by atoms with Crippen molar-refractivity contribution in [1.82, 2.24) is 10.2 Å². The second-order valence-electron chi connectivity index (χ2n) is 8.66. The Morgan fingerprint density at radius 1 is 0.935 bits per heavy atom. The Morgan fingerprint density at radius 3 is 2.48 bits per heavy atom. The molecule has 2 N–H and O–H groups in total. The van der Waals surface area contributed by atoms with Crippen molar-refractivity contribution in [3.8, 4) is 0 Å². The summed E-state index contributed by atoms with van der Waals surface area (Å²) in [5.41, 5.74) is 2.57. The number of anilines is 1. The summed E-state index contributed by atoms with van der Waals surface area (Å²) in [7, 11) is 0. The molecule has 1 heterocycles. The molecule has 0 spiro atoms. The molecular formula is C25H30ClN3O2. The molecule has 0 bridgehead atoms. The average molecular weight is 440 g/mol. The molecule has 0 radical (unpaired) electrons. The quantitative estimate of drug-likeness (QED) is 0.631. The van der Waals surface area contributed by atoms with Crippen LogP contribution in [0.25, 0.3) is 0 Å². The molecule has 1 saturated heterocycles. The first-order valence-electron chi connectivity index (χ1n) is 11.3. The van der Waals surface area contributed by atoms with E-state index in [0.29, 0.717) is 23.2 Å². The van der Waals surface area contributed by atoms with Crippen LogP contribution in [0.4, 0.5) is 10.5 Å². The summed E-state index contributed by atoms with van der Waals surface area (Å²) in [4.78, 5) is 27.4. The zero-order valence-electron chi connectivity index (χ0n) is 17.8. The highest BCUT2D eigenvalue weighted by atomic mass is 35.5. The number of piperidine rings is 1. The molecule has 2 aliphatic rings. The second kappa shape index (κ2) is 10.2. The summed E-state index contributed by atoms with van der Waals surface area (Å²) < 4.78 is 0. The fourth-order valence-corrected chi connectivity index (χ4v) is 4.74. The Balaban J connectivity index is 1.38. The summed E-state index contributed by atoms with van der Waals surface area (Å²) in [6, 6.07) is 15.2. The van der Waals surface area contributed by atoms with Crippen molar-refractivity contribution in [2.45, 2.75) is 56.9 Å². The van der Waals surface area contributed by atoms with Gasteiger partial charge in [0.1, 0.15) is 0 Å². The predicted octanol–water partition coefficient (Wildman–Crippen LogP) is 5.81. The van der Waals surface area contributed by atoms with Crippen LogP contribution in [0.1, 0.15) is 66.8 Å². The van der Waals surface area contributed by atoms with Crippen LogP contribution in [0.2, 0.25) is 5.02 Å². The summed E-state index contributed by atoms with van der Waals surface area (Å²) in [6.07, 6.45) is 7.76. The first-order valence-corrected chi connectivity index (χ1v) is 11.7. The van der Waals surface area contributed by atoms with Crippen molar-refractivity contribution in [1.29, 1.82) is 0 Å². The number of halogens is 1. The minimum atomic E-state index is -0.0989. The number of hydrogen-bond acceptors (Lipinski definition) is 2. The highest BCUT2D eigenvalue weighted by Gasteiger charge is 2.25. The third-order valence-electron chi connectivity index (χ3n) is 6.36. The minimum absolute atomic E-state index is 0.0156. The maximum absolute atomic E-state index is 12.8. The van der Waals surface area contributed by atoms with Gasteiger partial charge in [-0.3, -0.25) is 4.79 Å². The van der Waals surface area contributed by atoms with Crippen molar-refractivity contribution >= 4 is 29.2 Å². The Morgan fingerprint density at radius 2 is 1.71 bits per heavy atom. The predicted molar refractivity (Wildman–Crippen MR) is 125 cm³/mol. The molecule has 4 rings (SSSR count). The molecule has 3 amide bonds. The van der Waals surface area contributed by atoms with E-state index >= 15 is 0 Å². The molecule has 1 aliphatic heterocycles. The Hall–Kier alpha value is -2.53. The molecule has 2 fully saturated rings. The molecule has 1 saturated carbocycles. The number of hydrogen-bond donors (Lipinski definition) is 2. The summed E-state index contributed by atoms with van der Waals surface area (Å²) >= 11 is 5.92. The third-order valence-corrected chi connectivity index (χ3v) is 6.62. The molecule has 1 aliphatic carbocycles. The lowest BCUT2D eigenvalue weighted by Gasteiger charge is -2.33. The smallest absolute Gasteiger partial charge is 0.321 e. The fraction of sp³-hybridized carbons (Fsp3) is 0.440. The van der Waals surface area contributed by atoms with Gasteiger partial charge < -0.3 is 15.5 Å². The van der Waals surface area contributed by atoms with Crippen LogP contribution in [-0.2, 0) is 0 Å². The van der Waals surface area contributed by atoms with E-state index in [9.17, 15) is 9.59 Å². The molecule has 6 heteroatoms. The van der Waals surface area contributed by atoms with Crippen LogP contribution in [0.5, 0.6) is 0 Å². The maximum atomic E-state index is 12.8. The molecule has 0 aromatic heterocycles. The normalized spacial score (nSPS) is 19.6. The van der Waals surface area contributed by atoms with Gasteiger partial charge in [-0.25, -0.2) is 4.79 Å². The largest absolute Gasteiger partial charge is 0.349 e. The van der Waals surface area contributed by atoms with Gasteiger partial charge in [0.25, 0.3) is 5.91 Å². The van der Waals surface area contributed by atoms with E-state index in [4.69, 9.17) is 11.6 Å². The van der Waals surface area contributed by atoms with E-state index in [1.807, 2.05) is 23.1 Å². The molecule has 31 heavy (non-hydrogen) atoms. The average Bonchev–Trinajstić information content (AvgIpc) is 2.81. The standard InChI is InChI=1S/C25H30ClN3O2/c26-21-11-13-23(14-12-21)28-25(31)29-15-5-8-20(17-29)18-6-4-7-19(16-18)24(30)27-22-9-2-1-3-10-22/h4,6-7,11-14,16,20,22H,1-3,5,8-10,15,17H2,(H,27,30)(H,28,31). The van der Waals surface area contributed by atoms with Crippen molar-refractivity contribution < 1.29 is 9.59 Å². The maximum Gasteiger partial charge on any atom is 0.321 e. The van der Waals surface area contributed by atoms with E-state index < -0.39 is 0 Å². The van der Waals surface area contributed by atoms with Gasteiger partial charge in [-0.05, 0) is 67.6 Å². The van der Waals surface area contributed by atoms with Gasteiger partial charge in [0, 0.05) is 41.3 Å². The van der Waals surface area contributed by atoms with Gasteiger partial charge in [0.2, 0.25) is 0 Å². The van der Waals surface area contributed by atoms with E-state index in [-0.39, 0.29) is 17.9 Å². The zero-order chi connectivity index (χ0) is 21.6. The lowest BCUT2D eigenvalue weighted by molar-refractivity contribution is 0.0927. The number of likely N-dealkylation sites (tertiary alicyclic amines) is 1. The zero-order valence-corrected chi connectivity index (χ0v) is 18.5. The number of nitrogens with one attached hydrogen (secondary N) is 2. The lowest BCUT2D eigenvalue weighted by atomic mass is 9.89. The van der Waals surface area contributed by atoms with Crippen molar-refractivity contribution in [3.05, 3.63) is 64.7 Å². The van der Waals surface area contributed by atoms with Crippen LogP contribution >= 0.6 is 11.6 Å². The van der Waals surface area contributed by atoms with Gasteiger partial charge in [0.15, 0.2) is 0 Å². The SMILES string of the molecule is O=C(NC1CCCCC1)c1cccc(C2CCCN(C(=O)Nc3ccc(Cl)cc3)C2)c1. The fourth-order valence-electron chi connectivity index (χ4n) is 4.62. The molecule has 2 aromatic carbocycles. The molecule has 2 aromatic rings. The Bertz CT molecular complexity index is 909. The summed E-state index contributed by atoms with van der Waals surface area (Å²) in [6.45, 7) is 1.38. The number of amides is 3. The monoisotopic (exact) mass is 439 g/mol. The molecule has 1 atom stereocenters. The number of rotatable bonds is 4. The second-order valence-corrected chi connectivity index (χ2v) is 9.09. The van der Waals surface area contributed by atoms with E-state index in [0.717, 1.165) is 43.5 Å². The molecule has 164 valence electrons. The number of carbonyl (C=O) groups is 2. The highest BCUT2D eigenvalue weighted by molar-refractivity contribution is 6.30. The number of benzene rings is 2. The highest BCUT2D eigenvalue weighted by Crippen LogP contribution is 2.28. The summed E-state index contributed by atoms with van der Waals surface area (Å²) in [5.74, 6) is 0.244. The van der Waals surface area contributed by atoms with Crippen LogP contribution in [0, 0.1) is 0 Å². The van der Waals surface area contributed by atoms with Crippen LogP contribution in [-0.4, -0.2) is 36.0 Å². The van der Waals surface area contributed by atoms with Gasteiger partial charge in [-0.15, -0.1) is 0 Å². The van der Waals surface area contributed by atoms with E-state index in [1.165, 1.54) is 19.3 Å². The van der Waals surface area contributed by atoms with Crippen LogP contribution in [0.15, 0.2) is 48.5 Å². The first-order chi connectivity index (χ1) is 15.1. The summed E-state index contributed by atoms with van der Waals surface area (Å²) in [5, 5.41) is 6.79.